The van der Waals surface area contributed by atoms with Crippen molar-refractivity contribution in [3.63, 3.8) is 0 Å². The molecular weight excluding hydrogens is 217 g/mol. The van der Waals surface area contributed by atoms with Gasteiger partial charge in [-0.1, -0.05) is 0 Å². The van der Waals surface area contributed by atoms with Gasteiger partial charge in [0.15, 0.2) is 17.5 Å². The largest absolute Gasteiger partial charge is 0.311 e. The quantitative estimate of drug-likeness (QED) is 0.614. The second-order valence-electron chi connectivity index (χ2n) is 3.85. The number of benzene rings is 1. The van der Waals surface area contributed by atoms with Gasteiger partial charge in [0.2, 0.25) is 0 Å². The number of rotatable bonds is 5. The Balaban J connectivity index is 2.49. The SMILES string of the molecule is CN(C)CCNCc1cc(F)c(F)c(F)c1. The molecule has 0 amide bonds. The van der Waals surface area contributed by atoms with Crippen LogP contribution in [0, 0.1) is 17.5 Å². The third kappa shape index (κ3) is 3.83. The molecule has 0 spiro atoms. The molecule has 1 aromatic carbocycles. The van der Waals surface area contributed by atoms with Gasteiger partial charge in [-0.3, -0.25) is 0 Å². The lowest BCUT2D eigenvalue weighted by molar-refractivity contribution is 0.399. The number of hydrogen-bond acceptors (Lipinski definition) is 2. The van der Waals surface area contributed by atoms with Crippen molar-refractivity contribution in [2.75, 3.05) is 27.2 Å². The van der Waals surface area contributed by atoms with Crippen LogP contribution >= 0.6 is 0 Å². The zero-order valence-corrected chi connectivity index (χ0v) is 9.36. The molecule has 1 aromatic rings. The molecule has 16 heavy (non-hydrogen) atoms. The Labute approximate surface area is 93.1 Å². The highest BCUT2D eigenvalue weighted by Gasteiger charge is 2.09. The van der Waals surface area contributed by atoms with E-state index in [-0.39, 0.29) is 0 Å². The van der Waals surface area contributed by atoms with Crippen molar-refractivity contribution < 1.29 is 13.2 Å². The first-order valence-electron chi connectivity index (χ1n) is 4.99. The highest BCUT2D eigenvalue weighted by molar-refractivity contribution is 5.19. The summed E-state index contributed by atoms with van der Waals surface area (Å²) in [6, 6.07) is 2.00. The summed E-state index contributed by atoms with van der Waals surface area (Å²) in [5, 5.41) is 3.01. The van der Waals surface area contributed by atoms with Crippen molar-refractivity contribution >= 4 is 0 Å². The van der Waals surface area contributed by atoms with Gasteiger partial charge < -0.3 is 10.2 Å². The first-order valence-corrected chi connectivity index (χ1v) is 4.99. The molecule has 0 aromatic heterocycles. The van der Waals surface area contributed by atoms with E-state index < -0.39 is 17.5 Å². The fourth-order valence-corrected chi connectivity index (χ4v) is 1.25. The van der Waals surface area contributed by atoms with E-state index in [0.717, 1.165) is 18.7 Å². The van der Waals surface area contributed by atoms with Gasteiger partial charge in [-0.2, -0.15) is 0 Å². The molecule has 0 unspecified atom stereocenters. The van der Waals surface area contributed by atoms with E-state index in [1.165, 1.54) is 0 Å². The van der Waals surface area contributed by atoms with E-state index in [9.17, 15) is 13.2 Å². The van der Waals surface area contributed by atoms with Gasteiger partial charge in [0, 0.05) is 19.6 Å². The molecule has 0 atom stereocenters. The van der Waals surface area contributed by atoms with Crippen molar-refractivity contribution in [2.45, 2.75) is 6.54 Å². The van der Waals surface area contributed by atoms with E-state index in [4.69, 9.17) is 0 Å². The Bertz CT molecular complexity index is 330. The Morgan fingerprint density at radius 3 is 2.19 bits per heavy atom. The molecule has 0 aliphatic heterocycles. The topological polar surface area (TPSA) is 15.3 Å². The van der Waals surface area contributed by atoms with Gasteiger partial charge in [0.05, 0.1) is 0 Å². The predicted molar refractivity (Wildman–Crippen MR) is 56.6 cm³/mol. The lowest BCUT2D eigenvalue weighted by Crippen LogP contribution is -2.26. The minimum absolute atomic E-state index is 0.321. The summed E-state index contributed by atoms with van der Waals surface area (Å²) in [6.07, 6.45) is 0. The van der Waals surface area contributed by atoms with Crippen LogP contribution in [0.15, 0.2) is 12.1 Å². The van der Waals surface area contributed by atoms with Crippen LogP contribution in [0.2, 0.25) is 0 Å². The summed E-state index contributed by atoms with van der Waals surface area (Å²) in [5.74, 6) is -3.72. The third-order valence-electron chi connectivity index (χ3n) is 2.11. The van der Waals surface area contributed by atoms with Crippen LogP contribution in [0.4, 0.5) is 13.2 Å². The molecule has 0 heterocycles. The van der Waals surface area contributed by atoms with Crippen molar-refractivity contribution in [1.82, 2.24) is 10.2 Å². The maximum atomic E-state index is 12.8. The number of nitrogens with one attached hydrogen (secondary N) is 1. The molecule has 0 aliphatic carbocycles. The van der Waals surface area contributed by atoms with Crippen molar-refractivity contribution in [3.05, 3.63) is 35.1 Å². The normalized spacial score (nSPS) is 11.1. The lowest BCUT2D eigenvalue weighted by atomic mass is 10.2. The molecule has 0 bridgehead atoms. The minimum Gasteiger partial charge on any atom is -0.311 e. The molecule has 1 rings (SSSR count). The average molecular weight is 232 g/mol. The number of halogens is 3. The lowest BCUT2D eigenvalue weighted by Gasteiger charge is -2.10. The van der Waals surface area contributed by atoms with Crippen LogP contribution in [0.1, 0.15) is 5.56 Å². The van der Waals surface area contributed by atoms with Gasteiger partial charge in [-0.25, -0.2) is 13.2 Å². The van der Waals surface area contributed by atoms with E-state index in [2.05, 4.69) is 5.32 Å². The van der Waals surface area contributed by atoms with Gasteiger partial charge in [0.1, 0.15) is 0 Å². The maximum Gasteiger partial charge on any atom is 0.194 e. The fourth-order valence-electron chi connectivity index (χ4n) is 1.25. The second kappa shape index (κ2) is 5.86. The molecular formula is C11H15F3N2. The molecule has 1 N–H and O–H groups in total. The van der Waals surface area contributed by atoms with Crippen molar-refractivity contribution in [2.24, 2.45) is 0 Å². The van der Waals surface area contributed by atoms with Gasteiger partial charge in [-0.15, -0.1) is 0 Å². The van der Waals surface area contributed by atoms with Crippen LogP contribution in [-0.2, 0) is 6.54 Å². The first kappa shape index (κ1) is 13.0. The highest BCUT2D eigenvalue weighted by Crippen LogP contribution is 2.13. The molecule has 5 heteroatoms. The predicted octanol–water partition coefficient (Wildman–Crippen LogP) is 1.76. The summed E-state index contributed by atoms with van der Waals surface area (Å²) >= 11 is 0. The summed E-state index contributed by atoms with van der Waals surface area (Å²) in [5.41, 5.74) is 0.398. The molecule has 0 fully saturated rings. The van der Waals surface area contributed by atoms with Gasteiger partial charge in [-0.05, 0) is 31.8 Å². The van der Waals surface area contributed by atoms with E-state index in [1.807, 2.05) is 19.0 Å². The Morgan fingerprint density at radius 2 is 1.69 bits per heavy atom. The van der Waals surface area contributed by atoms with Crippen LogP contribution < -0.4 is 5.32 Å². The summed E-state index contributed by atoms with van der Waals surface area (Å²) in [6.45, 7) is 1.85. The maximum absolute atomic E-state index is 12.8. The molecule has 0 saturated heterocycles. The molecule has 2 nitrogen and oxygen atoms in total. The fraction of sp³-hybridized carbons (Fsp3) is 0.455. The van der Waals surface area contributed by atoms with E-state index in [1.54, 1.807) is 0 Å². The highest BCUT2D eigenvalue weighted by atomic mass is 19.2. The van der Waals surface area contributed by atoms with Crippen molar-refractivity contribution in [3.8, 4) is 0 Å². The van der Waals surface area contributed by atoms with Crippen molar-refractivity contribution in [1.29, 1.82) is 0 Å². The van der Waals surface area contributed by atoms with Gasteiger partial charge >= 0.3 is 0 Å². The van der Waals surface area contributed by atoms with Crippen LogP contribution in [-0.4, -0.2) is 32.1 Å². The zero-order valence-electron chi connectivity index (χ0n) is 9.36. The number of hydrogen-bond donors (Lipinski definition) is 1. The second-order valence-corrected chi connectivity index (χ2v) is 3.85. The monoisotopic (exact) mass is 232 g/mol. The molecule has 90 valence electrons. The third-order valence-corrected chi connectivity index (χ3v) is 2.11. The molecule has 0 radical (unpaired) electrons. The Hall–Kier alpha value is -1.07. The molecule has 0 saturated carbocycles. The van der Waals surface area contributed by atoms with Gasteiger partial charge in [0.25, 0.3) is 0 Å². The number of nitrogens with zero attached hydrogens (tertiary/aromatic N) is 1. The number of likely N-dealkylation sites (N-methyl/N-ethyl adjacent to an activating group) is 1. The van der Waals surface area contributed by atoms with E-state index in [0.29, 0.717) is 18.7 Å². The zero-order chi connectivity index (χ0) is 12.1. The Morgan fingerprint density at radius 1 is 1.12 bits per heavy atom. The Kier molecular flexibility index (Phi) is 4.76. The average Bonchev–Trinajstić information content (AvgIpc) is 2.20. The van der Waals surface area contributed by atoms with Crippen LogP contribution in [0.3, 0.4) is 0 Å². The molecule has 0 aliphatic rings. The first-order chi connectivity index (χ1) is 7.50. The van der Waals surface area contributed by atoms with E-state index >= 15 is 0 Å². The summed E-state index contributed by atoms with van der Waals surface area (Å²) in [7, 11) is 3.86. The van der Waals surface area contributed by atoms with Crippen LogP contribution in [0.5, 0.6) is 0 Å². The minimum atomic E-state index is -1.42. The smallest absolute Gasteiger partial charge is 0.194 e. The standard InChI is InChI=1S/C11H15F3N2/c1-16(2)4-3-15-7-8-5-9(12)11(14)10(13)6-8/h5-6,15H,3-4,7H2,1-2H3. The summed E-state index contributed by atoms with van der Waals surface area (Å²) in [4.78, 5) is 1.98. The summed E-state index contributed by atoms with van der Waals surface area (Å²) < 4.78 is 38.3. The van der Waals surface area contributed by atoms with Crippen LogP contribution in [0.25, 0.3) is 0 Å².